The molecule has 2 atom stereocenters. The Labute approximate surface area is 94.8 Å². The molecule has 0 rings (SSSR count). The van der Waals surface area contributed by atoms with E-state index in [4.69, 9.17) is 19.6 Å². The van der Waals surface area contributed by atoms with Crippen LogP contribution in [0.25, 0.3) is 0 Å². The molecule has 0 fully saturated rings. The van der Waals surface area contributed by atoms with Crippen molar-refractivity contribution in [2.24, 2.45) is 0 Å². The predicted octanol–water partition coefficient (Wildman–Crippen LogP) is -1.22. The van der Waals surface area contributed by atoms with Crippen LogP contribution < -0.4 is 0 Å². The lowest BCUT2D eigenvalue weighted by Gasteiger charge is -2.14. The van der Waals surface area contributed by atoms with Gasteiger partial charge in [0.2, 0.25) is 0 Å². The maximum atomic E-state index is 10.6. The van der Waals surface area contributed by atoms with Crippen molar-refractivity contribution < 1.29 is 46.4 Å². The van der Waals surface area contributed by atoms with E-state index in [0.717, 1.165) is 0 Å². The van der Waals surface area contributed by atoms with E-state index < -0.39 is 23.5 Å². The zero-order chi connectivity index (χ0) is 11.6. The molecule has 0 aliphatic heterocycles. The highest BCUT2D eigenvalue weighted by molar-refractivity contribution is 7.66. The van der Waals surface area contributed by atoms with Gasteiger partial charge in [-0.2, -0.15) is 8.62 Å². The molecule has 0 radical (unpaired) electrons. The first-order chi connectivity index (χ1) is 5.97. The van der Waals surface area contributed by atoms with Gasteiger partial charge >= 0.3 is 23.5 Å². The van der Waals surface area contributed by atoms with Gasteiger partial charge in [0.25, 0.3) is 0 Å². The molecule has 0 saturated carbocycles. The number of phosphoric ester groups is 1. The molecule has 0 aliphatic rings. The summed E-state index contributed by atoms with van der Waals surface area (Å²) >= 11 is 0. The van der Waals surface area contributed by atoms with E-state index in [0.29, 0.717) is 7.11 Å². The Bertz CT molecular complexity index is 330. The van der Waals surface area contributed by atoms with Crippen molar-refractivity contribution in [3.8, 4) is 0 Å². The first-order valence-corrected chi connectivity index (χ1v) is 7.19. The fourth-order valence-electron chi connectivity index (χ4n) is 0.313. The summed E-state index contributed by atoms with van der Waals surface area (Å²) in [5.41, 5.74) is 0. The average molecular weight is 302 g/mol. The summed E-state index contributed by atoms with van der Waals surface area (Å²) in [6.45, 7) is 0. The number of phosphoric acid groups is 3. The van der Waals surface area contributed by atoms with E-state index in [9.17, 15) is 13.7 Å². The molecule has 10 nitrogen and oxygen atoms in total. The van der Waals surface area contributed by atoms with Crippen molar-refractivity contribution in [1.82, 2.24) is 0 Å². The number of hydrogen-bond acceptors (Lipinski definition) is 6. The Morgan fingerprint density at radius 3 is 1.53 bits per heavy atom. The summed E-state index contributed by atoms with van der Waals surface area (Å²) in [5.74, 6) is 0. The molecule has 0 spiro atoms. The van der Waals surface area contributed by atoms with E-state index in [1.165, 1.54) is 0 Å². The minimum absolute atomic E-state index is 0. The zero-order valence-corrected chi connectivity index (χ0v) is 9.26. The van der Waals surface area contributed by atoms with E-state index in [1.807, 2.05) is 0 Å². The highest BCUT2D eigenvalue weighted by atomic mass is 31.3. The quantitative estimate of drug-likeness (QED) is 0.357. The normalized spacial score (nSPS) is 19.8. The molecule has 0 aromatic heterocycles. The minimum atomic E-state index is -5.35. The maximum Gasteiger partial charge on any atom is 0.490 e. The van der Waals surface area contributed by atoms with Gasteiger partial charge in [0, 0.05) is 7.11 Å². The summed E-state index contributed by atoms with van der Waals surface area (Å²) < 4.78 is 41.6. The molecule has 0 aromatic rings. The fourth-order valence-corrected chi connectivity index (χ4v) is 3.09. The Kier molecular flexibility index (Phi) is 7.36. The van der Waals surface area contributed by atoms with Crippen molar-refractivity contribution >= 4 is 40.8 Å². The van der Waals surface area contributed by atoms with Crippen LogP contribution in [0.4, 0.5) is 0 Å². The summed E-state index contributed by atoms with van der Waals surface area (Å²) in [7, 11) is -14.8. The molecule has 15 heavy (non-hydrogen) atoms. The van der Waals surface area contributed by atoms with Gasteiger partial charge in [-0.05, 0) is 0 Å². The molecule has 92 valence electrons. The average Bonchev–Trinajstić information content (AvgIpc) is 1.78. The van der Waals surface area contributed by atoms with Gasteiger partial charge < -0.3 is 19.6 Å². The highest BCUT2D eigenvalue weighted by Crippen LogP contribution is 2.65. The van der Waals surface area contributed by atoms with Gasteiger partial charge in [-0.3, -0.25) is 4.52 Å². The van der Waals surface area contributed by atoms with Crippen molar-refractivity contribution in [3.05, 3.63) is 0 Å². The van der Waals surface area contributed by atoms with E-state index in [-0.39, 0.29) is 17.4 Å². The van der Waals surface area contributed by atoms with Crippen molar-refractivity contribution in [2.45, 2.75) is 0 Å². The first kappa shape index (κ1) is 18.3. The monoisotopic (exact) mass is 302 g/mol. The largest absolute Gasteiger partial charge is 0.490 e. The van der Waals surface area contributed by atoms with Crippen LogP contribution in [0.15, 0.2) is 0 Å². The summed E-state index contributed by atoms with van der Waals surface area (Å²) in [4.78, 5) is 33.2. The van der Waals surface area contributed by atoms with Gasteiger partial charge in [-0.1, -0.05) is 0 Å². The molecule has 0 aliphatic carbocycles. The van der Waals surface area contributed by atoms with Gasteiger partial charge in [0.15, 0.2) is 17.4 Å². The molecule has 0 amide bonds. The van der Waals surface area contributed by atoms with E-state index in [1.54, 1.807) is 0 Å². The lowest BCUT2D eigenvalue weighted by molar-refractivity contribution is 0.191. The van der Waals surface area contributed by atoms with Crippen LogP contribution >= 0.6 is 23.5 Å². The zero-order valence-electron chi connectivity index (χ0n) is 6.58. The smallest absolute Gasteiger partial charge is 0.302 e. The lowest BCUT2D eigenvalue weighted by atomic mass is 11.8. The molecule has 0 saturated heterocycles. The highest BCUT2D eigenvalue weighted by Gasteiger charge is 2.39. The topological polar surface area (TPSA) is 160 Å². The molecule has 4 N–H and O–H groups in total. The van der Waals surface area contributed by atoms with E-state index >= 15 is 0 Å². The molecule has 0 bridgehead atoms. The summed E-state index contributed by atoms with van der Waals surface area (Å²) in [5, 5.41) is 0. The van der Waals surface area contributed by atoms with Crippen LogP contribution in [0, 0.1) is 0 Å². The molecule has 14 heteroatoms. The standard InChI is InChI=1S/CH7O10P3.Al.3H/c1-9-13(5,6)11-14(7,8)10-12(2,3)4;;;;/h1H3,(H,5,6)(H,7,8)(H2,2,3,4);;;;. The van der Waals surface area contributed by atoms with Gasteiger partial charge in [0.1, 0.15) is 0 Å². The molecular weight excluding hydrogens is 292 g/mol. The Hall–Kier alpha value is 0.942. The van der Waals surface area contributed by atoms with Crippen LogP contribution in [-0.2, 0) is 26.8 Å². The molecule has 0 heterocycles. The van der Waals surface area contributed by atoms with Gasteiger partial charge in [-0.15, -0.1) is 0 Å². The Morgan fingerprint density at radius 2 is 1.27 bits per heavy atom. The van der Waals surface area contributed by atoms with Crippen LogP contribution in [-0.4, -0.2) is 44.0 Å². The minimum Gasteiger partial charge on any atom is -0.302 e. The van der Waals surface area contributed by atoms with Crippen LogP contribution in [0.2, 0.25) is 0 Å². The number of hydrogen-bond donors (Lipinski definition) is 4. The molecule has 0 aromatic carbocycles. The second-order valence-corrected chi connectivity index (χ2v) is 6.30. The second kappa shape index (κ2) is 6.03. The number of rotatable bonds is 5. The summed E-state index contributed by atoms with van der Waals surface area (Å²) in [6.07, 6.45) is 0. The van der Waals surface area contributed by atoms with Crippen LogP contribution in [0.3, 0.4) is 0 Å². The Morgan fingerprint density at radius 1 is 0.867 bits per heavy atom. The molecular formula is CH10AlO10P3. The SMILES string of the molecule is COP(=O)(O)OP(=O)(O)OP(=O)(O)O.[AlH3]. The van der Waals surface area contributed by atoms with Gasteiger partial charge in [-0.25, -0.2) is 13.7 Å². The lowest BCUT2D eigenvalue weighted by Crippen LogP contribution is -1.93. The van der Waals surface area contributed by atoms with Gasteiger partial charge in [0.05, 0.1) is 0 Å². The second-order valence-electron chi connectivity index (χ2n) is 1.77. The Balaban J connectivity index is 0. The van der Waals surface area contributed by atoms with Crippen molar-refractivity contribution in [1.29, 1.82) is 0 Å². The predicted molar refractivity (Wildman–Crippen MR) is 50.8 cm³/mol. The van der Waals surface area contributed by atoms with Crippen molar-refractivity contribution in [3.63, 3.8) is 0 Å². The first-order valence-electron chi connectivity index (χ1n) is 2.67. The fraction of sp³-hybridized carbons (Fsp3) is 1.00. The molecule has 2 unspecified atom stereocenters. The third kappa shape index (κ3) is 9.85. The van der Waals surface area contributed by atoms with E-state index in [2.05, 4.69) is 13.1 Å². The third-order valence-electron chi connectivity index (χ3n) is 0.647. The van der Waals surface area contributed by atoms with Crippen molar-refractivity contribution in [2.75, 3.05) is 7.11 Å². The third-order valence-corrected chi connectivity index (χ3v) is 4.44. The van der Waals surface area contributed by atoms with Crippen LogP contribution in [0.5, 0.6) is 0 Å². The summed E-state index contributed by atoms with van der Waals surface area (Å²) in [6, 6.07) is 0. The maximum absolute atomic E-state index is 10.6. The van der Waals surface area contributed by atoms with Crippen LogP contribution in [0.1, 0.15) is 0 Å².